The van der Waals surface area contributed by atoms with Gasteiger partial charge in [0.15, 0.2) is 0 Å². The molecule has 1 aliphatic rings. The highest BCUT2D eigenvalue weighted by Crippen LogP contribution is 2.38. The molecule has 2 aromatic rings. The lowest BCUT2D eigenvalue weighted by atomic mass is 10.2. The van der Waals surface area contributed by atoms with Crippen molar-refractivity contribution < 1.29 is 4.79 Å². The minimum absolute atomic E-state index is 0.0423. The lowest BCUT2D eigenvalue weighted by molar-refractivity contribution is -0.119. The summed E-state index contributed by atoms with van der Waals surface area (Å²) in [4.78, 5) is 18.2. The van der Waals surface area contributed by atoms with Crippen molar-refractivity contribution in [1.82, 2.24) is 9.55 Å². The van der Waals surface area contributed by atoms with E-state index in [1.165, 1.54) is 0 Å². The monoisotopic (exact) mass is 407 g/mol. The maximum absolute atomic E-state index is 12.4. The Hall–Kier alpha value is -0.790. The number of halogens is 3. The van der Waals surface area contributed by atoms with E-state index in [4.69, 9.17) is 23.2 Å². The molecule has 1 aliphatic heterocycles. The molecule has 98 valence electrons. The van der Waals surface area contributed by atoms with Crippen molar-refractivity contribution in [3.05, 3.63) is 38.1 Å². The van der Waals surface area contributed by atoms with Crippen LogP contribution in [0.4, 0.5) is 11.6 Å². The normalized spacial score (nSPS) is 18.0. The number of carbonyl (C=O) groups excluding carboxylic acids is 1. The first-order chi connectivity index (χ1) is 8.99. The van der Waals surface area contributed by atoms with Crippen molar-refractivity contribution in [2.75, 3.05) is 4.90 Å². The van der Waals surface area contributed by atoms with Gasteiger partial charge in [-0.25, -0.2) is 9.88 Å². The number of hydrogen-bond donors (Lipinski definition) is 0. The molecule has 1 aromatic carbocycles. The van der Waals surface area contributed by atoms with Crippen LogP contribution >= 0.6 is 45.8 Å². The van der Waals surface area contributed by atoms with Gasteiger partial charge in [-0.1, -0.05) is 23.2 Å². The predicted octanol–water partition coefficient (Wildman–Crippen LogP) is 4.03. The van der Waals surface area contributed by atoms with Gasteiger partial charge in [-0.15, -0.1) is 0 Å². The molecule has 0 saturated heterocycles. The SMILES string of the molecule is C[C@H]1C(=O)N(c2cc(Cl)cc(Cl)c2)c2ncc(I)n21. The van der Waals surface area contributed by atoms with E-state index >= 15 is 0 Å². The quantitative estimate of drug-likeness (QED) is 0.669. The minimum Gasteiger partial charge on any atom is -0.292 e. The Bertz CT molecular complexity index is 665. The molecule has 0 unspecified atom stereocenters. The second-order valence-corrected chi connectivity index (χ2v) is 6.21. The Morgan fingerprint density at radius 1 is 1.26 bits per heavy atom. The molecule has 0 fully saturated rings. The van der Waals surface area contributed by atoms with E-state index in [1.54, 1.807) is 29.3 Å². The fraction of sp³-hybridized carbons (Fsp3) is 0.167. The highest BCUT2D eigenvalue weighted by molar-refractivity contribution is 14.1. The van der Waals surface area contributed by atoms with Crippen LogP contribution in [0.5, 0.6) is 0 Å². The zero-order valence-corrected chi connectivity index (χ0v) is 13.4. The summed E-state index contributed by atoms with van der Waals surface area (Å²) >= 11 is 14.1. The smallest absolute Gasteiger partial charge is 0.256 e. The maximum Gasteiger partial charge on any atom is 0.256 e. The number of nitrogens with zero attached hydrogens (tertiary/aromatic N) is 3. The molecule has 1 aromatic heterocycles. The van der Waals surface area contributed by atoms with Gasteiger partial charge in [0.25, 0.3) is 5.91 Å². The number of aromatic nitrogens is 2. The Morgan fingerprint density at radius 3 is 2.53 bits per heavy atom. The van der Waals surface area contributed by atoms with Crippen LogP contribution in [0.25, 0.3) is 0 Å². The van der Waals surface area contributed by atoms with Gasteiger partial charge in [0.1, 0.15) is 9.74 Å². The molecule has 7 heteroatoms. The number of anilines is 2. The van der Waals surface area contributed by atoms with Crippen molar-refractivity contribution in [3.63, 3.8) is 0 Å². The van der Waals surface area contributed by atoms with Gasteiger partial charge in [0.05, 0.1) is 11.9 Å². The second-order valence-electron chi connectivity index (χ2n) is 4.23. The molecule has 1 atom stereocenters. The van der Waals surface area contributed by atoms with Crippen LogP contribution < -0.4 is 4.90 Å². The molecular formula is C12H8Cl2IN3O. The molecule has 3 rings (SSSR count). The first-order valence-electron chi connectivity index (χ1n) is 5.52. The van der Waals surface area contributed by atoms with Gasteiger partial charge in [-0.05, 0) is 47.7 Å². The number of carbonyl (C=O) groups is 1. The Labute approximate surface area is 133 Å². The third kappa shape index (κ3) is 2.04. The van der Waals surface area contributed by atoms with Crippen LogP contribution in [0.3, 0.4) is 0 Å². The lowest BCUT2D eigenvalue weighted by Gasteiger charge is -2.15. The number of hydrogen-bond acceptors (Lipinski definition) is 2. The third-order valence-electron chi connectivity index (χ3n) is 3.00. The van der Waals surface area contributed by atoms with Gasteiger partial charge in [0.2, 0.25) is 5.95 Å². The Morgan fingerprint density at radius 2 is 1.89 bits per heavy atom. The summed E-state index contributed by atoms with van der Waals surface area (Å²) in [6.07, 6.45) is 1.73. The molecule has 1 amide bonds. The van der Waals surface area contributed by atoms with Gasteiger partial charge >= 0.3 is 0 Å². The highest BCUT2D eigenvalue weighted by Gasteiger charge is 2.37. The van der Waals surface area contributed by atoms with Gasteiger partial charge in [0, 0.05) is 10.0 Å². The van der Waals surface area contributed by atoms with E-state index in [0.717, 1.165) is 3.70 Å². The summed E-state index contributed by atoms with van der Waals surface area (Å²) in [5.41, 5.74) is 0.634. The average molecular weight is 408 g/mol. The van der Waals surface area contributed by atoms with Crippen molar-refractivity contribution in [2.45, 2.75) is 13.0 Å². The highest BCUT2D eigenvalue weighted by atomic mass is 127. The Kier molecular flexibility index (Phi) is 3.23. The van der Waals surface area contributed by atoms with Crippen LogP contribution in [-0.4, -0.2) is 15.5 Å². The van der Waals surface area contributed by atoms with Crippen molar-refractivity contribution in [1.29, 1.82) is 0 Å². The second kappa shape index (κ2) is 4.64. The molecule has 19 heavy (non-hydrogen) atoms. The minimum atomic E-state index is -0.276. The summed E-state index contributed by atoms with van der Waals surface area (Å²) in [5, 5.41) is 0.977. The number of fused-ring (bicyclic) bond motifs is 1. The molecule has 0 N–H and O–H groups in total. The first kappa shape index (κ1) is 13.2. The van der Waals surface area contributed by atoms with Crippen LogP contribution in [0.1, 0.15) is 13.0 Å². The summed E-state index contributed by atoms with van der Waals surface area (Å²) < 4.78 is 2.81. The summed E-state index contributed by atoms with van der Waals surface area (Å²) in [7, 11) is 0. The van der Waals surface area contributed by atoms with Crippen LogP contribution in [-0.2, 0) is 4.79 Å². The third-order valence-corrected chi connectivity index (χ3v) is 4.24. The summed E-state index contributed by atoms with van der Waals surface area (Å²) in [5.74, 6) is 0.555. The average Bonchev–Trinajstić information content (AvgIpc) is 2.80. The van der Waals surface area contributed by atoms with Crippen molar-refractivity contribution in [3.8, 4) is 0 Å². The molecular weight excluding hydrogens is 400 g/mol. The zero-order chi connectivity index (χ0) is 13.7. The molecule has 4 nitrogen and oxygen atoms in total. The maximum atomic E-state index is 12.4. The molecule has 0 saturated carbocycles. The van der Waals surface area contributed by atoms with E-state index < -0.39 is 0 Å². The van der Waals surface area contributed by atoms with E-state index in [2.05, 4.69) is 27.6 Å². The van der Waals surface area contributed by atoms with E-state index in [-0.39, 0.29) is 11.9 Å². The number of imidazole rings is 1. The van der Waals surface area contributed by atoms with Gasteiger partial charge in [-0.3, -0.25) is 9.36 Å². The van der Waals surface area contributed by atoms with E-state index in [0.29, 0.717) is 21.7 Å². The topological polar surface area (TPSA) is 38.1 Å². The van der Waals surface area contributed by atoms with E-state index in [1.807, 2.05) is 11.5 Å². The van der Waals surface area contributed by atoms with Crippen molar-refractivity contribution in [2.24, 2.45) is 0 Å². The van der Waals surface area contributed by atoms with E-state index in [9.17, 15) is 4.79 Å². The van der Waals surface area contributed by atoms with Crippen molar-refractivity contribution >= 4 is 63.3 Å². The fourth-order valence-corrected chi connectivity index (χ4v) is 3.45. The number of amides is 1. The van der Waals surface area contributed by atoms with Crippen LogP contribution in [0, 0.1) is 3.70 Å². The number of rotatable bonds is 1. The molecule has 0 aliphatic carbocycles. The summed E-state index contributed by atoms with van der Waals surface area (Å²) in [6.45, 7) is 1.85. The van der Waals surface area contributed by atoms with Gasteiger partial charge in [-0.2, -0.15) is 0 Å². The first-order valence-corrected chi connectivity index (χ1v) is 7.35. The lowest BCUT2D eigenvalue weighted by Crippen LogP contribution is -2.23. The predicted molar refractivity (Wildman–Crippen MR) is 83.3 cm³/mol. The Balaban J connectivity index is 2.17. The number of benzene rings is 1. The fourth-order valence-electron chi connectivity index (χ4n) is 2.16. The molecule has 0 bridgehead atoms. The van der Waals surface area contributed by atoms with Gasteiger partial charge < -0.3 is 0 Å². The standard InChI is InChI=1S/C12H8Cl2IN3O/c1-6-11(19)18(12-16-5-10(15)17(6)12)9-3-7(13)2-8(14)4-9/h2-6H,1H3/t6-/m0/s1. The molecule has 2 heterocycles. The summed E-state index contributed by atoms with van der Waals surface area (Å²) in [6, 6.07) is 4.76. The van der Waals surface area contributed by atoms with Crippen LogP contribution in [0.15, 0.2) is 24.4 Å². The van der Waals surface area contributed by atoms with Crippen LogP contribution in [0.2, 0.25) is 10.0 Å². The zero-order valence-electron chi connectivity index (χ0n) is 9.77. The largest absolute Gasteiger partial charge is 0.292 e. The molecule has 0 radical (unpaired) electrons. The molecule has 0 spiro atoms.